The van der Waals surface area contributed by atoms with E-state index in [1.807, 2.05) is 0 Å². The fraction of sp³-hybridized carbons (Fsp3) is 0.154. The second-order valence-corrected chi connectivity index (χ2v) is 4.09. The molecule has 4 nitrogen and oxygen atoms in total. The van der Waals surface area contributed by atoms with E-state index in [1.54, 1.807) is 24.5 Å². The lowest BCUT2D eigenvalue weighted by Crippen LogP contribution is -2.15. The molecule has 1 unspecified atom stereocenters. The molecule has 1 aromatic heterocycles. The van der Waals surface area contributed by atoms with Crippen molar-refractivity contribution in [3.05, 3.63) is 59.9 Å². The van der Waals surface area contributed by atoms with Crippen LogP contribution in [0.4, 0.5) is 4.39 Å². The molecule has 3 rings (SSSR count). The van der Waals surface area contributed by atoms with Gasteiger partial charge in [0.2, 0.25) is 0 Å². The lowest BCUT2D eigenvalue weighted by Gasteiger charge is -2.11. The first-order valence-corrected chi connectivity index (χ1v) is 5.66. The van der Waals surface area contributed by atoms with E-state index in [0.29, 0.717) is 6.54 Å². The second-order valence-electron chi connectivity index (χ2n) is 4.09. The first kappa shape index (κ1) is 10.8. The predicted octanol–water partition coefficient (Wildman–Crippen LogP) is 1.71. The van der Waals surface area contributed by atoms with Crippen molar-refractivity contribution in [3.63, 3.8) is 0 Å². The molecule has 0 saturated heterocycles. The summed E-state index contributed by atoms with van der Waals surface area (Å²) in [6.45, 7) is 0.708. The Bertz CT molecular complexity index is 565. The highest BCUT2D eigenvalue weighted by Gasteiger charge is 2.24. The summed E-state index contributed by atoms with van der Waals surface area (Å²) in [4.78, 5) is 8.04. The highest BCUT2D eigenvalue weighted by atomic mass is 19.1. The molecular formula is C13H11FN4. The maximum atomic E-state index is 12.9. The summed E-state index contributed by atoms with van der Waals surface area (Å²) in [5, 5.41) is 4.28. The molecule has 0 aliphatic carbocycles. The summed E-state index contributed by atoms with van der Waals surface area (Å²) in [5.74, 6) is -0.137. The fourth-order valence-corrected chi connectivity index (χ4v) is 2.05. The lowest BCUT2D eigenvalue weighted by atomic mass is 9.92. The Morgan fingerprint density at radius 2 is 1.83 bits per heavy atom. The Hall–Kier alpha value is -2.30. The smallest absolute Gasteiger partial charge is 0.123 e. The number of halogens is 1. The summed E-state index contributed by atoms with van der Waals surface area (Å²) < 4.78 is 12.9. The molecule has 1 aliphatic rings. The van der Waals surface area contributed by atoms with Gasteiger partial charge in [-0.3, -0.25) is 0 Å². The van der Waals surface area contributed by atoms with Crippen LogP contribution in [-0.4, -0.2) is 22.2 Å². The molecule has 2 heterocycles. The van der Waals surface area contributed by atoms with Crippen LogP contribution < -0.4 is 5.43 Å². The summed E-state index contributed by atoms with van der Waals surface area (Å²) in [7, 11) is 0. The van der Waals surface area contributed by atoms with Crippen LogP contribution in [0.3, 0.4) is 0 Å². The van der Waals surface area contributed by atoms with E-state index in [0.717, 1.165) is 16.8 Å². The van der Waals surface area contributed by atoms with Gasteiger partial charge >= 0.3 is 0 Å². The van der Waals surface area contributed by atoms with Crippen molar-refractivity contribution in [2.24, 2.45) is 5.10 Å². The van der Waals surface area contributed by atoms with Crippen LogP contribution in [0.5, 0.6) is 0 Å². The number of hydrogen-bond acceptors (Lipinski definition) is 4. The van der Waals surface area contributed by atoms with Crippen molar-refractivity contribution >= 4 is 5.71 Å². The molecule has 0 bridgehead atoms. The van der Waals surface area contributed by atoms with E-state index in [1.165, 1.54) is 18.5 Å². The number of benzene rings is 1. The van der Waals surface area contributed by atoms with Crippen LogP contribution >= 0.6 is 0 Å². The molecule has 1 aromatic carbocycles. The van der Waals surface area contributed by atoms with E-state index in [9.17, 15) is 4.39 Å². The van der Waals surface area contributed by atoms with Gasteiger partial charge in [0.15, 0.2) is 0 Å². The molecule has 5 heteroatoms. The Balaban J connectivity index is 1.94. The van der Waals surface area contributed by atoms with Crippen molar-refractivity contribution < 1.29 is 4.39 Å². The van der Waals surface area contributed by atoms with Gasteiger partial charge in [0.05, 0.1) is 11.6 Å². The normalized spacial score (nSPS) is 18.3. The molecule has 2 aromatic rings. The summed E-state index contributed by atoms with van der Waals surface area (Å²) in [5.41, 5.74) is 5.78. The topological polar surface area (TPSA) is 50.2 Å². The average molecular weight is 242 g/mol. The number of hydrazone groups is 1. The van der Waals surface area contributed by atoms with Crippen molar-refractivity contribution in [3.8, 4) is 0 Å². The quantitative estimate of drug-likeness (QED) is 0.872. The molecule has 1 N–H and O–H groups in total. The SMILES string of the molecule is Fc1ccc(C2=NNCC2c2cncnc2)cc1. The van der Waals surface area contributed by atoms with Crippen molar-refractivity contribution in [2.45, 2.75) is 5.92 Å². The lowest BCUT2D eigenvalue weighted by molar-refractivity contribution is 0.627. The van der Waals surface area contributed by atoms with E-state index >= 15 is 0 Å². The molecule has 1 aliphatic heterocycles. The molecule has 0 saturated carbocycles. The maximum Gasteiger partial charge on any atom is 0.123 e. The van der Waals surface area contributed by atoms with Gasteiger partial charge in [-0.25, -0.2) is 14.4 Å². The van der Waals surface area contributed by atoms with Gasteiger partial charge in [-0.2, -0.15) is 5.10 Å². The molecule has 0 spiro atoms. The molecule has 90 valence electrons. The maximum absolute atomic E-state index is 12.9. The summed E-state index contributed by atoms with van der Waals surface area (Å²) in [6.07, 6.45) is 5.06. The molecule has 1 atom stereocenters. The van der Waals surface area contributed by atoms with E-state index < -0.39 is 0 Å². The number of nitrogens with one attached hydrogen (secondary N) is 1. The van der Waals surface area contributed by atoms with Crippen molar-refractivity contribution in [1.29, 1.82) is 0 Å². The molecule has 0 amide bonds. The van der Waals surface area contributed by atoms with Crippen LogP contribution in [0.2, 0.25) is 0 Å². The highest BCUT2D eigenvalue weighted by molar-refractivity contribution is 6.06. The van der Waals surface area contributed by atoms with E-state index in [2.05, 4.69) is 20.5 Å². The second kappa shape index (κ2) is 4.52. The summed E-state index contributed by atoms with van der Waals surface area (Å²) >= 11 is 0. The average Bonchev–Trinajstić information content (AvgIpc) is 2.90. The van der Waals surface area contributed by atoms with Crippen LogP contribution in [0.15, 0.2) is 48.1 Å². The largest absolute Gasteiger partial charge is 0.309 e. The van der Waals surface area contributed by atoms with Gasteiger partial charge in [0.1, 0.15) is 12.1 Å². The van der Waals surface area contributed by atoms with Gasteiger partial charge in [-0.05, 0) is 23.3 Å². The molecule has 0 fully saturated rings. The van der Waals surface area contributed by atoms with Gasteiger partial charge in [0, 0.05) is 18.9 Å². The van der Waals surface area contributed by atoms with E-state index in [4.69, 9.17) is 0 Å². The van der Waals surface area contributed by atoms with Gasteiger partial charge in [0.25, 0.3) is 0 Å². The third-order valence-corrected chi connectivity index (χ3v) is 2.95. The van der Waals surface area contributed by atoms with Crippen LogP contribution in [0.25, 0.3) is 0 Å². The minimum absolute atomic E-state index is 0.108. The third-order valence-electron chi connectivity index (χ3n) is 2.95. The van der Waals surface area contributed by atoms with Gasteiger partial charge in [-0.15, -0.1) is 0 Å². The monoisotopic (exact) mass is 242 g/mol. The number of hydrogen-bond donors (Lipinski definition) is 1. The zero-order valence-electron chi connectivity index (χ0n) is 9.55. The van der Waals surface area contributed by atoms with E-state index in [-0.39, 0.29) is 11.7 Å². The molecule has 0 radical (unpaired) electrons. The predicted molar refractivity (Wildman–Crippen MR) is 65.7 cm³/mol. The first-order valence-electron chi connectivity index (χ1n) is 5.66. The standard InChI is InChI=1S/C13H11FN4/c14-11-3-1-9(2-4-11)13-12(7-17-18-13)10-5-15-8-16-6-10/h1-6,8,12,17H,7H2. The molecular weight excluding hydrogens is 231 g/mol. The Morgan fingerprint density at radius 3 is 2.56 bits per heavy atom. The number of nitrogens with zero attached hydrogens (tertiary/aromatic N) is 3. The minimum atomic E-state index is -0.245. The Morgan fingerprint density at radius 1 is 1.11 bits per heavy atom. The van der Waals surface area contributed by atoms with Crippen LogP contribution in [0.1, 0.15) is 17.0 Å². The van der Waals surface area contributed by atoms with Crippen LogP contribution in [-0.2, 0) is 0 Å². The highest BCUT2D eigenvalue weighted by Crippen LogP contribution is 2.23. The minimum Gasteiger partial charge on any atom is -0.309 e. The Kier molecular flexibility index (Phi) is 2.72. The Labute approximate surface area is 104 Å². The van der Waals surface area contributed by atoms with Gasteiger partial charge < -0.3 is 5.43 Å². The zero-order valence-corrected chi connectivity index (χ0v) is 9.55. The van der Waals surface area contributed by atoms with Crippen LogP contribution in [0, 0.1) is 5.82 Å². The number of aromatic nitrogens is 2. The van der Waals surface area contributed by atoms with Crippen molar-refractivity contribution in [1.82, 2.24) is 15.4 Å². The fourth-order valence-electron chi connectivity index (χ4n) is 2.05. The molecule has 18 heavy (non-hydrogen) atoms. The third kappa shape index (κ3) is 1.95. The number of rotatable bonds is 2. The van der Waals surface area contributed by atoms with Gasteiger partial charge in [-0.1, -0.05) is 12.1 Å². The first-order chi connectivity index (χ1) is 8.84. The zero-order chi connectivity index (χ0) is 12.4. The van der Waals surface area contributed by atoms with Crippen molar-refractivity contribution in [2.75, 3.05) is 6.54 Å². The summed E-state index contributed by atoms with van der Waals surface area (Å²) in [6, 6.07) is 6.35.